The van der Waals surface area contributed by atoms with E-state index in [1.165, 1.54) is 18.7 Å². The van der Waals surface area contributed by atoms with Crippen LogP contribution in [0.15, 0.2) is 48.5 Å². The van der Waals surface area contributed by atoms with Gasteiger partial charge in [-0.05, 0) is 36.5 Å². The quantitative estimate of drug-likeness (QED) is 0.694. The predicted octanol–water partition coefficient (Wildman–Crippen LogP) is 3.49. The van der Waals surface area contributed by atoms with Crippen LogP contribution >= 0.6 is 11.8 Å². The number of benzene rings is 2. The third kappa shape index (κ3) is 4.73. The van der Waals surface area contributed by atoms with Crippen molar-refractivity contribution in [2.24, 2.45) is 0 Å². The van der Waals surface area contributed by atoms with Gasteiger partial charge in [-0.3, -0.25) is 9.59 Å². The molecule has 0 aliphatic carbocycles. The van der Waals surface area contributed by atoms with Gasteiger partial charge in [0.2, 0.25) is 0 Å². The van der Waals surface area contributed by atoms with Crippen LogP contribution in [-0.2, 0) is 4.79 Å². The maximum Gasteiger partial charge on any atom is 0.326 e. The summed E-state index contributed by atoms with van der Waals surface area (Å²) in [5.41, 5.74) is 1.88. The fraction of sp³-hybridized carbons (Fsp3) is 0.250. The van der Waals surface area contributed by atoms with E-state index >= 15 is 0 Å². The van der Waals surface area contributed by atoms with Crippen LogP contribution < -0.4 is 5.32 Å². The Kier molecular flexibility index (Phi) is 6.97. The van der Waals surface area contributed by atoms with Crippen molar-refractivity contribution in [3.63, 3.8) is 0 Å². The molecule has 0 heterocycles. The minimum absolute atomic E-state index is 0.210. The third-order valence-electron chi connectivity index (χ3n) is 3.97. The zero-order valence-corrected chi connectivity index (χ0v) is 15.5. The molecule has 26 heavy (non-hydrogen) atoms. The first kappa shape index (κ1) is 19.7. The summed E-state index contributed by atoms with van der Waals surface area (Å²) in [5.74, 6) is -1.28. The number of nitrogens with one attached hydrogen (secondary N) is 1. The Labute approximate surface area is 156 Å². The number of carbonyl (C=O) groups is 3. The lowest BCUT2D eigenvalue weighted by Crippen LogP contribution is -2.41. The SMILES string of the molecule is CSCCC(NC(=O)c1c(C(C)=O)cccc1-c1ccccc1)C(=O)O. The molecule has 136 valence electrons. The highest BCUT2D eigenvalue weighted by molar-refractivity contribution is 7.98. The molecular formula is C20H21NO4S. The standard InChI is InChI=1S/C20H21NO4S/c1-13(22)15-9-6-10-16(14-7-4-3-5-8-14)18(15)19(23)21-17(20(24)25)11-12-26-2/h3-10,17H,11-12H2,1-2H3,(H,21,23)(H,24,25). The maximum absolute atomic E-state index is 12.9. The monoisotopic (exact) mass is 371 g/mol. The van der Waals surface area contributed by atoms with Crippen molar-refractivity contribution < 1.29 is 19.5 Å². The summed E-state index contributed by atoms with van der Waals surface area (Å²) in [6.45, 7) is 1.39. The first-order chi connectivity index (χ1) is 12.5. The second kappa shape index (κ2) is 9.20. The van der Waals surface area contributed by atoms with Crippen molar-refractivity contribution in [3.8, 4) is 11.1 Å². The number of Topliss-reactive ketones (excluding diaryl/α,β-unsaturated/α-hetero) is 1. The van der Waals surface area contributed by atoms with Crippen molar-refractivity contribution in [2.45, 2.75) is 19.4 Å². The minimum Gasteiger partial charge on any atom is -0.480 e. The highest BCUT2D eigenvalue weighted by Crippen LogP contribution is 2.27. The van der Waals surface area contributed by atoms with Crippen molar-refractivity contribution in [1.82, 2.24) is 5.32 Å². The highest BCUT2D eigenvalue weighted by Gasteiger charge is 2.25. The second-order valence-electron chi connectivity index (χ2n) is 5.80. The lowest BCUT2D eigenvalue weighted by Gasteiger charge is -2.18. The van der Waals surface area contributed by atoms with Crippen LogP contribution in [0.4, 0.5) is 0 Å². The van der Waals surface area contributed by atoms with Crippen molar-refractivity contribution in [3.05, 3.63) is 59.7 Å². The van der Waals surface area contributed by atoms with E-state index in [-0.39, 0.29) is 16.9 Å². The average molecular weight is 371 g/mol. The van der Waals surface area contributed by atoms with Gasteiger partial charge in [0.25, 0.3) is 5.91 Å². The van der Waals surface area contributed by atoms with Crippen molar-refractivity contribution in [2.75, 3.05) is 12.0 Å². The van der Waals surface area contributed by atoms with Crippen LogP contribution in [0, 0.1) is 0 Å². The summed E-state index contributed by atoms with van der Waals surface area (Å²) in [7, 11) is 0. The molecule has 0 saturated heterocycles. The fourth-order valence-corrected chi connectivity index (χ4v) is 3.14. The third-order valence-corrected chi connectivity index (χ3v) is 4.61. The molecule has 1 atom stereocenters. The number of hydrogen-bond donors (Lipinski definition) is 2. The molecule has 6 heteroatoms. The number of carbonyl (C=O) groups excluding carboxylic acids is 2. The van der Waals surface area contributed by atoms with E-state index in [4.69, 9.17) is 0 Å². The highest BCUT2D eigenvalue weighted by atomic mass is 32.2. The van der Waals surface area contributed by atoms with Gasteiger partial charge in [-0.15, -0.1) is 0 Å². The number of ketones is 1. The molecule has 2 rings (SSSR count). The molecule has 5 nitrogen and oxygen atoms in total. The summed E-state index contributed by atoms with van der Waals surface area (Å²) < 4.78 is 0. The van der Waals surface area contributed by atoms with Crippen molar-refractivity contribution >= 4 is 29.4 Å². The molecule has 1 unspecified atom stereocenters. The van der Waals surface area contributed by atoms with Gasteiger partial charge in [0, 0.05) is 5.56 Å². The smallest absolute Gasteiger partial charge is 0.326 e. The van der Waals surface area contributed by atoms with E-state index in [0.717, 1.165) is 5.56 Å². The number of aliphatic carboxylic acids is 1. The Bertz CT molecular complexity index is 805. The van der Waals surface area contributed by atoms with Gasteiger partial charge in [0.15, 0.2) is 5.78 Å². The van der Waals surface area contributed by atoms with Gasteiger partial charge < -0.3 is 10.4 Å². The van der Waals surface area contributed by atoms with Crippen LogP contribution in [0.3, 0.4) is 0 Å². The largest absolute Gasteiger partial charge is 0.480 e. The summed E-state index contributed by atoms with van der Waals surface area (Å²) in [4.78, 5) is 36.4. The fourth-order valence-electron chi connectivity index (χ4n) is 2.67. The Morgan fingerprint density at radius 2 is 1.77 bits per heavy atom. The lowest BCUT2D eigenvalue weighted by atomic mass is 9.93. The van der Waals surface area contributed by atoms with Crippen LogP contribution in [-0.4, -0.2) is 40.8 Å². The first-order valence-electron chi connectivity index (χ1n) is 8.17. The molecule has 0 aromatic heterocycles. The Morgan fingerprint density at radius 3 is 2.35 bits per heavy atom. The summed E-state index contributed by atoms with van der Waals surface area (Å²) in [6, 6.07) is 13.3. The Balaban J connectivity index is 2.47. The van der Waals surface area contributed by atoms with Crippen LogP contribution in [0.1, 0.15) is 34.1 Å². The number of amides is 1. The lowest BCUT2D eigenvalue weighted by molar-refractivity contribution is -0.139. The molecule has 0 aliphatic heterocycles. The van der Waals surface area contributed by atoms with Gasteiger partial charge in [0.1, 0.15) is 6.04 Å². The van der Waals surface area contributed by atoms with E-state index in [1.807, 2.05) is 36.6 Å². The molecular weight excluding hydrogens is 350 g/mol. The van der Waals surface area contributed by atoms with Crippen LogP contribution in [0.25, 0.3) is 11.1 Å². The zero-order chi connectivity index (χ0) is 19.1. The average Bonchev–Trinajstić information content (AvgIpc) is 2.64. The van der Waals surface area contributed by atoms with E-state index in [2.05, 4.69) is 5.32 Å². The first-order valence-corrected chi connectivity index (χ1v) is 9.57. The van der Waals surface area contributed by atoms with E-state index in [1.54, 1.807) is 18.2 Å². The minimum atomic E-state index is -1.09. The molecule has 2 aromatic rings. The number of carboxylic acids is 1. The predicted molar refractivity (Wildman–Crippen MR) is 104 cm³/mol. The maximum atomic E-state index is 12.9. The molecule has 0 saturated carbocycles. The van der Waals surface area contributed by atoms with Gasteiger partial charge in [0.05, 0.1) is 5.56 Å². The molecule has 0 fully saturated rings. The zero-order valence-electron chi connectivity index (χ0n) is 14.7. The number of hydrogen-bond acceptors (Lipinski definition) is 4. The molecule has 2 aromatic carbocycles. The van der Waals surface area contributed by atoms with Gasteiger partial charge in [-0.2, -0.15) is 11.8 Å². The van der Waals surface area contributed by atoms with Gasteiger partial charge in [-0.1, -0.05) is 48.5 Å². The number of rotatable bonds is 8. The van der Waals surface area contributed by atoms with E-state index < -0.39 is 17.9 Å². The molecule has 0 spiro atoms. The Hall–Kier alpha value is -2.60. The van der Waals surface area contributed by atoms with Gasteiger partial charge >= 0.3 is 5.97 Å². The molecule has 0 aliphatic rings. The number of thioether (sulfide) groups is 1. The Morgan fingerprint density at radius 1 is 1.08 bits per heavy atom. The van der Waals surface area contributed by atoms with Crippen LogP contribution in [0.5, 0.6) is 0 Å². The summed E-state index contributed by atoms with van der Waals surface area (Å²) >= 11 is 1.51. The normalized spacial score (nSPS) is 11.6. The summed E-state index contributed by atoms with van der Waals surface area (Å²) in [5, 5.41) is 11.9. The van der Waals surface area contributed by atoms with Crippen molar-refractivity contribution in [1.29, 1.82) is 0 Å². The molecule has 0 bridgehead atoms. The number of carboxylic acid groups (broad SMARTS) is 1. The van der Waals surface area contributed by atoms with Gasteiger partial charge in [-0.25, -0.2) is 4.79 Å². The van der Waals surface area contributed by atoms with E-state index in [0.29, 0.717) is 17.7 Å². The second-order valence-corrected chi connectivity index (χ2v) is 6.78. The summed E-state index contributed by atoms with van der Waals surface area (Å²) in [6.07, 6.45) is 2.18. The topological polar surface area (TPSA) is 83.5 Å². The molecule has 0 radical (unpaired) electrons. The molecule has 1 amide bonds. The van der Waals surface area contributed by atoms with E-state index in [9.17, 15) is 19.5 Å². The van der Waals surface area contributed by atoms with Crippen LogP contribution in [0.2, 0.25) is 0 Å². The molecule has 2 N–H and O–H groups in total.